The van der Waals surface area contributed by atoms with Gasteiger partial charge in [0.2, 0.25) is 10.7 Å². The highest BCUT2D eigenvalue weighted by molar-refractivity contribution is 7.71. The fourth-order valence-corrected chi connectivity index (χ4v) is 2.30. The van der Waals surface area contributed by atoms with Crippen LogP contribution in [0.3, 0.4) is 0 Å². The van der Waals surface area contributed by atoms with Crippen molar-refractivity contribution in [2.45, 2.75) is 0 Å². The Hall–Kier alpha value is -1.92. The van der Waals surface area contributed by atoms with E-state index in [1.807, 2.05) is 18.2 Å². The third kappa shape index (κ3) is 1.58. The largest absolute Gasteiger partial charge is 0.368 e. The first-order chi connectivity index (χ1) is 8.68. The third-order valence-electron chi connectivity index (χ3n) is 2.63. The minimum atomic E-state index is 0.286. The molecule has 0 bridgehead atoms. The highest BCUT2D eigenvalue weighted by Crippen LogP contribution is 2.28. The summed E-state index contributed by atoms with van der Waals surface area (Å²) in [5, 5.41) is 8.01. The molecule has 2 aromatic heterocycles. The number of aromatic amines is 1. The SMILES string of the molecule is Nc1n[nH]c(=S)n1-c1ccc(Cl)c2cccnc12. The van der Waals surface area contributed by atoms with Crippen molar-refractivity contribution in [1.82, 2.24) is 19.7 Å². The van der Waals surface area contributed by atoms with Crippen LogP contribution in [0.25, 0.3) is 16.6 Å². The van der Waals surface area contributed by atoms with Crippen molar-refractivity contribution in [2.24, 2.45) is 0 Å². The van der Waals surface area contributed by atoms with Crippen molar-refractivity contribution in [3.05, 3.63) is 40.3 Å². The van der Waals surface area contributed by atoms with Gasteiger partial charge in [0.15, 0.2) is 0 Å². The van der Waals surface area contributed by atoms with Gasteiger partial charge in [0.1, 0.15) is 0 Å². The summed E-state index contributed by atoms with van der Waals surface area (Å²) in [6, 6.07) is 7.33. The molecule has 3 aromatic rings. The molecule has 3 rings (SSSR count). The number of nitrogens with two attached hydrogens (primary N) is 1. The highest BCUT2D eigenvalue weighted by atomic mass is 35.5. The lowest BCUT2D eigenvalue weighted by molar-refractivity contribution is 1.04. The molecular weight excluding hydrogens is 270 g/mol. The molecular formula is C11H8ClN5S. The first-order valence-corrected chi connectivity index (χ1v) is 5.93. The summed E-state index contributed by atoms with van der Waals surface area (Å²) in [5.41, 5.74) is 7.28. The molecule has 0 aliphatic carbocycles. The predicted octanol–water partition coefficient (Wildman–Crippen LogP) is 2.71. The number of nitrogens with zero attached hydrogens (tertiary/aromatic N) is 3. The van der Waals surface area contributed by atoms with Crippen LogP contribution in [-0.4, -0.2) is 19.7 Å². The molecule has 0 fully saturated rings. The van der Waals surface area contributed by atoms with Gasteiger partial charge < -0.3 is 5.73 Å². The normalized spacial score (nSPS) is 10.9. The predicted molar refractivity (Wildman–Crippen MR) is 73.5 cm³/mol. The summed E-state index contributed by atoms with van der Waals surface area (Å²) >= 11 is 11.3. The van der Waals surface area contributed by atoms with Crippen molar-refractivity contribution in [3.63, 3.8) is 0 Å². The van der Waals surface area contributed by atoms with Crippen LogP contribution >= 0.6 is 23.8 Å². The van der Waals surface area contributed by atoms with E-state index in [2.05, 4.69) is 15.2 Å². The summed E-state index contributed by atoms with van der Waals surface area (Å²) in [7, 11) is 0. The second-order valence-corrected chi connectivity index (χ2v) is 4.48. The maximum atomic E-state index is 6.14. The maximum Gasteiger partial charge on any atom is 0.225 e. The first kappa shape index (κ1) is 11.2. The van der Waals surface area contributed by atoms with Crippen LogP contribution in [0, 0.1) is 4.77 Å². The maximum absolute atomic E-state index is 6.14. The number of hydrogen-bond acceptors (Lipinski definition) is 4. The van der Waals surface area contributed by atoms with Crippen LogP contribution in [0.5, 0.6) is 0 Å². The van der Waals surface area contributed by atoms with Crippen LogP contribution in [0.2, 0.25) is 5.02 Å². The number of pyridine rings is 1. The monoisotopic (exact) mass is 277 g/mol. The zero-order valence-electron chi connectivity index (χ0n) is 9.09. The lowest BCUT2D eigenvalue weighted by atomic mass is 10.2. The lowest BCUT2D eigenvalue weighted by Gasteiger charge is -2.08. The number of nitrogens with one attached hydrogen (secondary N) is 1. The van der Waals surface area contributed by atoms with E-state index >= 15 is 0 Å². The second-order valence-electron chi connectivity index (χ2n) is 3.69. The van der Waals surface area contributed by atoms with E-state index in [0.29, 0.717) is 9.79 Å². The van der Waals surface area contributed by atoms with Crippen molar-refractivity contribution >= 4 is 40.7 Å². The topological polar surface area (TPSA) is 72.5 Å². The number of anilines is 1. The number of fused-ring (bicyclic) bond motifs is 1. The average molecular weight is 278 g/mol. The standard InChI is InChI=1S/C11H8ClN5S/c12-7-3-4-8(9-6(7)2-1-5-14-9)17-10(13)15-16-11(17)18/h1-5H,(H2,13,15)(H,16,18). The van der Waals surface area contributed by atoms with Crippen molar-refractivity contribution in [1.29, 1.82) is 0 Å². The van der Waals surface area contributed by atoms with Gasteiger partial charge >= 0.3 is 0 Å². The molecule has 3 N–H and O–H groups in total. The Morgan fingerprint density at radius 1 is 1.33 bits per heavy atom. The third-order valence-corrected chi connectivity index (χ3v) is 3.24. The number of hydrogen-bond donors (Lipinski definition) is 2. The fourth-order valence-electron chi connectivity index (χ4n) is 1.85. The molecule has 0 amide bonds. The second kappa shape index (κ2) is 4.08. The van der Waals surface area contributed by atoms with Gasteiger partial charge in [-0.1, -0.05) is 11.6 Å². The van der Waals surface area contributed by atoms with Crippen LogP contribution in [0.1, 0.15) is 0 Å². The molecule has 2 heterocycles. The summed E-state index contributed by atoms with van der Waals surface area (Å²) in [6.45, 7) is 0. The van der Waals surface area contributed by atoms with Gasteiger partial charge in [-0.15, -0.1) is 5.10 Å². The highest BCUT2D eigenvalue weighted by Gasteiger charge is 2.11. The quantitative estimate of drug-likeness (QED) is 0.671. The molecule has 90 valence electrons. The fraction of sp³-hybridized carbons (Fsp3) is 0. The van der Waals surface area contributed by atoms with Gasteiger partial charge in [-0.2, -0.15) is 0 Å². The number of rotatable bonds is 1. The van der Waals surface area contributed by atoms with Gasteiger partial charge in [0, 0.05) is 11.6 Å². The van der Waals surface area contributed by atoms with Crippen LogP contribution < -0.4 is 5.73 Å². The van der Waals surface area contributed by atoms with E-state index in [1.54, 1.807) is 16.8 Å². The Morgan fingerprint density at radius 2 is 2.17 bits per heavy atom. The van der Waals surface area contributed by atoms with Gasteiger partial charge in [0.05, 0.1) is 16.2 Å². The van der Waals surface area contributed by atoms with E-state index in [-0.39, 0.29) is 5.95 Å². The van der Waals surface area contributed by atoms with Gasteiger partial charge in [-0.05, 0) is 36.5 Å². The van der Waals surface area contributed by atoms with Crippen molar-refractivity contribution < 1.29 is 0 Å². The molecule has 0 saturated carbocycles. The van der Waals surface area contributed by atoms with Gasteiger partial charge in [0.25, 0.3) is 0 Å². The Kier molecular flexibility index (Phi) is 2.53. The average Bonchev–Trinajstić information content (AvgIpc) is 2.71. The van der Waals surface area contributed by atoms with Crippen LogP contribution in [0.15, 0.2) is 30.5 Å². The van der Waals surface area contributed by atoms with Crippen LogP contribution in [-0.2, 0) is 0 Å². The Morgan fingerprint density at radius 3 is 2.89 bits per heavy atom. The minimum Gasteiger partial charge on any atom is -0.368 e. The van der Waals surface area contributed by atoms with Crippen molar-refractivity contribution in [3.8, 4) is 5.69 Å². The molecule has 0 spiro atoms. The van der Waals surface area contributed by atoms with E-state index in [4.69, 9.17) is 29.6 Å². The van der Waals surface area contributed by atoms with E-state index in [1.165, 1.54) is 0 Å². The Labute approximate surface area is 112 Å². The minimum absolute atomic E-state index is 0.286. The van der Waals surface area contributed by atoms with Gasteiger partial charge in [-0.25, -0.2) is 5.10 Å². The number of aromatic nitrogens is 4. The summed E-state index contributed by atoms with van der Waals surface area (Å²) < 4.78 is 2.04. The number of halogens is 1. The molecule has 5 nitrogen and oxygen atoms in total. The van der Waals surface area contributed by atoms with Crippen molar-refractivity contribution in [2.75, 3.05) is 5.73 Å². The van der Waals surface area contributed by atoms with Gasteiger partial charge in [-0.3, -0.25) is 9.55 Å². The van der Waals surface area contributed by atoms with E-state index in [9.17, 15) is 0 Å². The lowest BCUT2D eigenvalue weighted by Crippen LogP contribution is -2.02. The Balaban J connectivity index is 2.45. The summed E-state index contributed by atoms with van der Waals surface area (Å²) in [5.74, 6) is 0.286. The Bertz CT molecular complexity index is 791. The number of benzene rings is 1. The zero-order valence-corrected chi connectivity index (χ0v) is 10.7. The number of H-pyrrole nitrogens is 1. The molecule has 0 saturated heterocycles. The smallest absolute Gasteiger partial charge is 0.225 e. The first-order valence-electron chi connectivity index (χ1n) is 5.15. The summed E-state index contributed by atoms with van der Waals surface area (Å²) in [4.78, 5) is 4.33. The molecule has 1 aromatic carbocycles. The van der Waals surface area contributed by atoms with E-state index in [0.717, 1.165) is 16.6 Å². The molecule has 0 radical (unpaired) electrons. The van der Waals surface area contributed by atoms with Crippen LogP contribution in [0.4, 0.5) is 5.95 Å². The summed E-state index contributed by atoms with van der Waals surface area (Å²) in [6.07, 6.45) is 1.70. The molecule has 7 heteroatoms. The van der Waals surface area contributed by atoms with E-state index < -0.39 is 0 Å². The molecule has 0 aliphatic rings. The molecule has 0 aliphatic heterocycles. The molecule has 0 atom stereocenters. The molecule has 18 heavy (non-hydrogen) atoms. The zero-order chi connectivity index (χ0) is 12.7. The number of nitrogen functional groups attached to an aromatic ring is 1. The molecule has 0 unspecified atom stereocenters.